The highest BCUT2D eigenvalue weighted by molar-refractivity contribution is 6.35. The fourth-order valence-electron chi connectivity index (χ4n) is 1.09. The van der Waals surface area contributed by atoms with Gasteiger partial charge in [0, 0.05) is 12.4 Å². The molecule has 0 saturated heterocycles. The Morgan fingerprint density at radius 1 is 1.31 bits per heavy atom. The smallest absolute Gasteiger partial charge is 0.437 e. The van der Waals surface area contributed by atoms with E-state index in [1.807, 2.05) is 0 Å². The molecule has 6 nitrogen and oxygen atoms in total. The molecule has 0 unspecified atom stereocenters. The van der Waals surface area contributed by atoms with Crippen molar-refractivity contribution in [1.29, 1.82) is 0 Å². The van der Waals surface area contributed by atoms with E-state index in [-0.39, 0.29) is 17.0 Å². The molecule has 0 spiro atoms. The molecule has 1 aromatic heterocycles. The summed E-state index contributed by atoms with van der Waals surface area (Å²) in [5, 5.41) is 0. The van der Waals surface area contributed by atoms with E-state index >= 15 is 0 Å². The van der Waals surface area contributed by atoms with Crippen molar-refractivity contribution in [1.82, 2.24) is 14.5 Å². The van der Waals surface area contributed by atoms with Crippen molar-refractivity contribution in [3.8, 4) is 0 Å². The third-order valence-electron chi connectivity index (χ3n) is 2.01. The maximum atomic E-state index is 11.8. The van der Waals surface area contributed by atoms with Crippen molar-refractivity contribution in [2.24, 2.45) is 0 Å². The van der Waals surface area contributed by atoms with Crippen LogP contribution in [0.5, 0.6) is 0 Å². The Hall–Kier alpha value is -1.82. The molecule has 0 N–H and O–H groups in total. The Labute approximate surface area is 93.5 Å². The Bertz CT molecular complexity index is 390. The van der Waals surface area contributed by atoms with E-state index in [1.165, 1.54) is 26.5 Å². The van der Waals surface area contributed by atoms with Gasteiger partial charge in [0.1, 0.15) is 0 Å². The fourth-order valence-corrected chi connectivity index (χ4v) is 1.09. The number of hydrogen-bond acceptors (Lipinski definition) is 5. The first-order chi connectivity index (χ1) is 7.50. The van der Waals surface area contributed by atoms with Crippen LogP contribution in [-0.4, -0.2) is 42.5 Å². The predicted octanol–water partition coefficient (Wildman–Crippen LogP) is 0.133. The molecular weight excluding hydrogens is 210 g/mol. The molecule has 0 aliphatic rings. The lowest BCUT2D eigenvalue weighted by atomic mass is 10.4. The Morgan fingerprint density at radius 2 is 1.88 bits per heavy atom. The number of carbonyl (C=O) groups is 2. The lowest BCUT2D eigenvalue weighted by Crippen LogP contribution is -2.52. The van der Waals surface area contributed by atoms with Gasteiger partial charge in [-0.3, -0.25) is 0 Å². The quantitative estimate of drug-likeness (QED) is 0.406. The third kappa shape index (κ3) is 2.40. The van der Waals surface area contributed by atoms with Crippen molar-refractivity contribution in [2.75, 3.05) is 20.7 Å². The van der Waals surface area contributed by atoms with Crippen LogP contribution in [0.15, 0.2) is 18.5 Å². The molecule has 16 heavy (non-hydrogen) atoms. The summed E-state index contributed by atoms with van der Waals surface area (Å²) < 4.78 is 4.29. The van der Waals surface area contributed by atoms with Crippen LogP contribution in [0, 0.1) is 0 Å². The van der Waals surface area contributed by atoms with E-state index in [9.17, 15) is 9.59 Å². The van der Waals surface area contributed by atoms with Crippen LogP contribution in [0.25, 0.3) is 0 Å². The molecule has 0 saturated carbocycles. The first kappa shape index (κ1) is 12.3. The topological polar surface area (TPSA) is 69.2 Å². The first-order valence-corrected chi connectivity index (χ1v) is 4.83. The maximum Gasteiger partial charge on any atom is 0.437 e. The van der Waals surface area contributed by atoms with Gasteiger partial charge in [0.25, 0.3) is 0 Å². The van der Waals surface area contributed by atoms with Crippen LogP contribution in [0.3, 0.4) is 0 Å². The second-order valence-electron chi connectivity index (χ2n) is 3.53. The minimum Gasteiger partial charge on any atom is -0.456 e. The number of rotatable bonds is 2. The van der Waals surface area contributed by atoms with Gasteiger partial charge in [0.15, 0.2) is 0 Å². The van der Waals surface area contributed by atoms with E-state index in [4.69, 9.17) is 0 Å². The Kier molecular flexibility index (Phi) is 3.68. The van der Waals surface area contributed by atoms with Crippen LogP contribution in [0.2, 0.25) is 0 Å². The molecule has 0 aliphatic carbocycles. The zero-order valence-corrected chi connectivity index (χ0v) is 9.51. The van der Waals surface area contributed by atoms with Crippen LogP contribution < -0.4 is 4.48 Å². The summed E-state index contributed by atoms with van der Waals surface area (Å²) in [5.74, 6) is -1.33. The summed E-state index contributed by atoms with van der Waals surface area (Å²) in [5.41, 5.74) is 0. The van der Waals surface area contributed by atoms with Gasteiger partial charge < -0.3 is 4.74 Å². The van der Waals surface area contributed by atoms with Crippen molar-refractivity contribution < 1.29 is 14.3 Å². The molecule has 1 heterocycles. The maximum absolute atomic E-state index is 11.8. The monoisotopic (exact) mass is 224 g/mol. The van der Waals surface area contributed by atoms with Crippen molar-refractivity contribution >= 4 is 17.8 Å². The highest BCUT2D eigenvalue weighted by Gasteiger charge is 2.39. The molecule has 0 aliphatic heterocycles. The average molecular weight is 224 g/mol. The fraction of sp³-hybridized carbons (Fsp3) is 0.400. The number of nitrogens with zero attached hydrogens (tertiary/aromatic N) is 3. The Balaban J connectivity index is 2.94. The van der Waals surface area contributed by atoms with Crippen LogP contribution >= 0.6 is 0 Å². The van der Waals surface area contributed by atoms with E-state index in [2.05, 4.69) is 14.7 Å². The lowest BCUT2D eigenvalue weighted by Gasteiger charge is -2.21. The molecule has 0 aromatic carbocycles. The minimum absolute atomic E-state index is 0.167. The zero-order chi connectivity index (χ0) is 12.2. The average Bonchev–Trinajstić information content (AvgIpc) is 2.29. The molecule has 0 fully saturated rings. The van der Waals surface area contributed by atoms with Crippen molar-refractivity contribution in [3.63, 3.8) is 0 Å². The molecule has 1 aromatic rings. The summed E-state index contributed by atoms with van der Waals surface area (Å²) in [7, 11) is 3.07. The van der Waals surface area contributed by atoms with E-state index in [1.54, 1.807) is 13.0 Å². The minimum atomic E-state index is -0.875. The first-order valence-electron chi connectivity index (χ1n) is 4.83. The summed E-state index contributed by atoms with van der Waals surface area (Å²) in [6.45, 7) is 1.81. The second kappa shape index (κ2) is 4.80. The number of quaternary nitrogens is 1. The van der Waals surface area contributed by atoms with Gasteiger partial charge in [-0.05, 0) is 13.0 Å². The molecular formula is C10H14N3O3+. The molecule has 1 amide bonds. The van der Waals surface area contributed by atoms with Crippen LogP contribution in [-0.2, 0) is 14.3 Å². The molecule has 1 rings (SSSR count). The number of amides is 1. The number of carbonyl (C=O) groups excluding carboxylic acids is 2. The number of hydrogen-bond donors (Lipinski definition) is 0. The highest BCUT2D eigenvalue weighted by atomic mass is 16.5. The standard InChI is InChI=1S/C10H14N3O3/c1-4-16-9(15)8(14)13(2,3)10-11-6-5-7-12-10/h5-7H,4H2,1-3H3/q+1. The van der Waals surface area contributed by atoms with E-state index in [0.717, 1.165) is 0 Å². The normalized spacial score (nSPS) is 10.9. The zero-order valence-electron chi connectivity index (χ0n) is 9.51. The molecule has 6 heteroatoms. The van der Waals surface area contributed by atoms with Gasteiger partial charge in [0.05, 0.1) is 20.7 Å². The van der Waals surface area contributed by atoms with Crippen molar-refractivity contribution in [3.05, 3.63) is 18.5 Å². The number of likely N-dealkylation sites (N-methyl/N-ethyl adjacent to an activating group) is 1. The van der Waals surface area contributed by atoms with E-state index < -0.39 is 11.9 Å². The molecule has 86 valence electrons. The summed E-state index contributed by atoms with van der Waals surface area (Å²) in [6.07, 6.45) is 3.03. The van der Waals surface area contributed by atoms with Gasteiger partial charge in [-0.25, -0.2) is 9.59 Å². The lowest BCUT2D eigenvalue weighted by molar-refractivity contribution is -0.158. The number of esters is 1. The summed E-state index contributed by atoms with van der Waals surface area (Å²) in [4.78, 5) is 31.0. The number of ether oxygens (including phenoxy) is 1. The largest absolute Gasteiger partial charge is 0.456 e. The van der Waals surface area contributed by atoms with Crippen molar-refractivity contribution in [2.45, 2.75) is 6.92 Å². The molecule has 0 bridgehead atoms. The predicted molar refractivity (Wildman–Crippen MR) is 57.3 cm³/mol. The van der Waals surface area contributed by atoms with Gasteiger partial charge in [-0.15, -0.1) is 0 Å². The second-order valence-corrected chi connectivity index (χ2v) is 3.53. The molecule has 0 atom stereocenters. The highest BCUT2D eigenvalue weighted by Crippen LogP contribution is 2.11. The van der Waals surface area contributed by atoms with E-state index in [0.29, 0.717) is 0 Å². The Morgan fingerprint density at radius 3 is 2.38 bits per heavy atom. The number of aromatic nitrogens is 2. The summed E-state index contributed by atoms with van der Waals surface area (Å²) >= 11 is 0. The van der Waals surface area contributed by atoms with Gasteiger partial charge >= 0.3 is 17.8 Å². The van der Waals surface area contributed by atoms with Crippen LogP contribution in [0.1, 0.15) is 6.92 Å². The van der Waals surface area contributed by atoms with Crippen LogP contribution in [0.4, 0.5) is 5.95 Å². The third-order valence-corrected chi connectivity index (χ3v) is 2.01. The molecule has 0 radical (unpaired) electrons. The SMILES string of the molecule is CCOC(=O)C(=O)[N+](C)(C)c1ncccn1. The van der Waals surface area contributed by atoms with Gasteiger partial charge in [0.2, 0.25) is 0 Å². The summed E-state index contributed by atoms with van der Waals surface area (Å²) in [6, 6.07) is 1.64. The van der Waals surface area contributed by atoms with Gasteiger partial charge in [-0.1, -0.05) is 0 Å². The van der Waals surface area contributed by atoms with Gasteiger partial charge in [-0.2, -0.15) is 14.5 Å².